The Morgan fingerprint density at radius 3 is 2.55 bits per heavy atom. The molecule has 1 saturated heterocycles. The molecule has 1 nitrogen and oxygen atoms in total. The first-order valence-corrected chi connectivity index (χ1v) is 7.43. The van der Waals surface area contributed by atoms with Crippen LogP contribution in [0.4, 0.5) is 13.2 Å². The summed E-state index contributed by atoms with van der Waals surface area (Å²) in [6, 6.07) is 3.12. The van der Waals surface area contributed by atoms with E-state index in [1.807, 2.05) is 0 Å². The minimum atomic E-state index is -1.33. The van der Waals surface area contributed by atoms with E-state index in [-0.39, 0.29) is 11.5 Å². The molecule has 1 aliphatic heterocycles. The molecule has 0 spiro atoms. The molecule has 2 rings (SSSR count). The molecule has 1 aromatic rings. The first-order valence-electron chi connectivity index (χ1n) is 7.43. The predicted octanol–water partition coefficient (Wildman–Crippen LogP) is 4.49. The monoisotopic (exact) mass is 285 g/mol. The summed E-state index contributed by atoms with van der Waals surface area (Å²) in [5.41, 5.74) is -0.00147. The Bertz CT molecular complexity index is 428. The molecule has 0 radical (unpaired) electrons. The first kappa shape index (κ1) is 15.4. The molecule has 0 saturated carbocycles. The Labute approximate surface area is 118 Å². The van der Waals surface area contributed by atoms with E-state index in [2.05, 4.69) is 11.8 Å². The molecule has 1 aromatic carbocycles. The van der Waals surface area contributed by atoms with E-state index in [0.717, 1.165) is 57.5 Å². The molecule has 0 amide bonds. The summed E-state index contributed by atoms with van der Waals surface area (Å²) in [6.07, 6.45) is 2.47. The molecular weight excluding hydrogens is 263 g/mol. The van der Waals surface area contributed by atoms with Gasteiger partial charge >= 0.3 is 0 Å². The summed E-state index contributed by atoms with van der Waals surface area (Å²) < 4.78 is 40.9. The highest BCUT2D eigenvalue weighted by Gasteiger charge is 2.29. The van der Waals surface area contributed by atoms with Crippen molar-refractivity contribution in [2.45, 2.75) is 38.8 Å². The van der Waals surface area contributed by atoms with Crippen LogP contribution in [-0.4, -0.2) is 24.5 Å². The maximum Gasteiger partial charge on any atom is 0.132 e. The van der Waals surface area contributed by atoms with Gasteiger partial charge in [0.25, 0.3) is 0 Å². The minimum absolute atomic E-state index is 0.00147. The maximum atomic E-state index is 14.4. The number of nitrogens with zero attached hydrogens (tertiary/aromatic N) is 1. The number of benzene rings is 1. The van der Waals surface area contributed by atoms with Crippen LogP contribution in [-0.2, 0) is 0 Å². The van der Waals surface area contributed by atoms with E-state index in [9.17, 15) is 13.2 Å². The fraction of sp³-hybridized carbons (Fsp3) is 0.625. The van der Waals surface area contributed by atoms with Crippen molar-refractivity contribution < 1.29 is 13.2 Å². The summed E-state index contributed by atoms with van der Waals surface area (Å²) in [4.78, 5) is 2.34. The largest absolute Gasteiger partial charge is 0.303 e. The lowest BCUT2D eigenvalue weighted by molar-refractivity contribution is 0.117. The van der Waals surface area contributed by atoms with Crippen molar-refractivity contribution in [2.75, 3.05) is 19.6 Å². The Balaban J connectivity index is 1.92. The third kappa shape index (κ3) is 3.75. The average Bonchev–Trinajstić information content (AvgIpc) is 2.45. The molecule has 1 aliphatic rings. The molecular formula is C16H22F3N. The van der Waals surface area contributed by atoms with Crippen LogP contribution >= 0.6 is 0 Å². The molecule has 1 atom stereocenters. The van der Waals surface area contributed by atoms with Crippen molar-refractivity contribution >= 4 is 0 Å². The SMILES string of the molecule is CCCCN1CCC(C(F)c2ccc(F)cc2F)CC1. The van der Waals surface area contributed by atoms with Crippen LogP contribution in [0.5, 0.6) is 0 Å². The second kappa shape index (κ2) is 7.11. The summed E-state index contributed by atoms with van der Waals surface area (Å²) >= 11 is 0. The van der Waals surface area contributed by atoms with Gasteiger partial charge in [0, 0.05) is 11.6 Å². The standard InChI is InChI=1S/C16H22F3N/c1-2-3-8-20-9-6-12(7-10-20)16(19)14-5-4-13(17)11-15(14)18/h4-5,11-12,16H,2-3,6-10H2,1H3. The van der Waals surface area contributed by atoms with E-state index in [1.165, 1.54) is 6.07 Å². The van der Waals surface area contributed by atoms with Crippen LogP contribution < -0.4 is 0 Å². The first-order chi connectivity index (χ1) is 9.61. The van der Waals surface area contributed by atoms with Crippen LogP contribution in [0, 0.1) is 17.6 Å². The van der Waals surface area contributed by atoms with Crippen LogP contribution in [0.3, 0.4) is 0 Å². The van der Waals surface area contributed by atoms with Crippen LogP contribution in [0.25, 0.3) is 0 Å². The molecule has 4 heteroatoms. The lowest BCUT2D eigenvalue weighted by Crippen LogP contribution is -2.35. The summed E-state index contributed by atoms with van der Waals surface area (Å²) in [6.45, 7) is 4.95. The van der Waals surface area contributed by atoms with Gasteiger partial charge in [-0.05, 0) is 50.9 Å². The van der Waals surface area contributed by atoms with Gasteiger partial charge in [0.05, 0.1) is 0 Å². The number of unbranched alkanes of at least 4 members (excludes halogenated alkanes) is 1. The second-order valence-corrected chi connectivity index (χ2v) is 5.60. The van der Waals surface area contributed by atoms with Crippen LogP contribution in [0.15, 0.2) is 18.2 Å². The number of rotatable bonds is 5. The van der Waals surface area contributed by atoms with Crippen LogP contribution in [0.1, 0.15) is 44.3 Å². The zero-order valence-corrected chi connectivity index (χ0v) is 11.9. The lowest BCUT2D eigenvalue weighted by Gasteiger charge is -2.33. The van der Waals surface area contributed by atoms with Crippen LogP contribution in [0.2, 0.25) is 0 Å². The molecule has 20 heavy (non-hydrogen) atoms. The smallest absolute Gasteiger partial charge is 0.132 e. The molecule has 0 bridgehead atoms. The predicted molar refractivity (Wildman–Crippen MR) is 74.3 cm³/mol. The van der Waals surface area contributed by atoms with Gasteiger partial charge in [0.1, 0.15) is 17.8 Å². The number of hydrogen-bond acceptors (Lipinski definition) is 1. The highest BCUT2D eigenvalue weighted by atomic mass is 19.1. The number of alkyl halides is 1. The van der Waals surface area contributed by atoms with Gasteiger partial charge in [-0.15, -0.1) is 0 Å². The van der Waals surface area contributed by atoms with Crippen molar-refractivity contribution in [3.05, 3.63) is 35.4 Å². The quantitative estimate of drug-likeness (QED) is 0.770. The summed E-state index contributed by atoms with van der Waals surface area (Å²) in [7, 11) is 0. The average molecular weight is 285 g/mol. The molecule has 1 unspecified atom stereocenters. The normalized spacial score (nSPS) is 19.2. The van der Waals surface area contributed by atoms with E-state index < -0.39 is 17.8 Å². The third-order valence-electron chi connectivity index (χ3n) is 4.13. The van der Waals surface area contributed by atoms with Crippen molar-refractivity contribution in [1.82, 2.24) is 4.90 Å². The van der Waals surface area contributed by atoms with E-state index in [1.54, 1.807) is 0 Å². The van der Waals surface area contributed by atoms with Gasteiger partial charge < -0.3 is 4.90 Å². The molecule has 1 fully saturated rings. The third-order valence-corrected chi connectivity index (χ3v) is 4.13. The molecule has 0 aromatic heterocycles. The fourth-order valence-electron chi connectivity index (χ4n) is 2.83. The highest BCUT2D eigenvalue weighted by molar-refractivity contribution is 5.21. The fourth-order valence-corrected chi connectivity index (χ4v) is 2.83. The number of halogens is 3. The highest BCUT2D eigenvalue weighted by Crippen LogP contribution is 2.35. The number of likely N-dealkylation sites (tertiary alicyclic amines) is 1. The molecule has 0 N–H and O–H groups in total. The molecule has 1 heterocycles. The summed E-state index contributed by atoms with van der Waals surface area (Å²) in [5.74, 6) is -1.59. The number of hydrogen-bond donors (Lipinski definition) is 0. The van der Waals surface area contributed by atoms with Crippen molar-refractivity contribution in [1.29, 1.82) is 0 Å². The lowest BCUT2D eigenvalue weighted by atomic mass is 9.88. The Morgan fingerprint density at radius 2 is 1.95 bits per heavy atom. The van der Waals surface area contributed by atoms with Gasteiger partial charge in [-0.3, -0.25) is 0 Å². The number of piperidine rings is 1. The molecule has 112 valence electrons. The molecule has 0 aliphatic carbocycles. The van der Waals surface area contributed by atoms with E-state index in [0.29, 0.717) is 0 Å². The van der Waals surface area contributed by atoms with Gasteiger partial charge in [0.15, 0.2) is 0 Å². The van der Waals surface area contributed by atoms with Crippen molar-refractivity contribution in [3.8, 4) is 0 Å². The topological polar surface area (TPSA) is 3.24 Å². The zero-order chi connectivity index (χ0) is 14.5. The second-order valence-electron chi connectivity index (χ2n) is 5.60. The van der Waals surface area contributed by atoms with Crippen molar-refractivity contribution in [3.63, 3.8) is 0 Å². The van der Waals surface area contributed by atoms with E-state index in [4.69, 9.17) is 0 Å². The minimum Gasteiger partial charge on any atom is -0.303 e. The van der Waals surface area contributed by atoms with Gasteiger partial charge in [-0.25, -0.2) is 13.2 Å². The summed E-state index contributed by atoms with van der Waals surface area (Å²) in [5, 5.41) is 0. The van der Waals surface area contributed by atoms with Gasteiger partial charge in [-0.1, -0.05) is 19.4 Å². The Hall–Kier alpha value is -1.03. The zero-order valence-electron chi connectivity index (χ0n) is 11.9. The maximum absolute atomic E-state index is 14.4. The van der Waals surface area contributed by atoms with Gasteiger partial charge in [-0.2, -0.15) is 0 Å². The van der Waals surface area contributed by atoms with Gasteiger partial charge in [0.2, 0.25) is 0 Å². The Morgan fingerprint density at radius 1 is 1.25 bits per heavy atom. The van der Waals surface area contributed by atoms with E-state index >= 15 is 0 Å². The van der Waals surface area contributed by atoms with Crippen molar-refractivity contribution in [2.24, 2.45) is 5.92 Å². The Kier molecular flexibility index (Phi) is 5.46.